The van der Waals surface area contributed by atoms with Crippen LogP contribution in [-0.4, -0.2) is 38.0 Å². The van der Waals surface area contributed by atoms with E-state index >= 15 is 0 Å². The van der Waals surface area contributed by atoms with Crippen molar-refractivity contribution in [2.75, 3.05) is 13.2 Å². The van der Waals surface area contributed by atoms with Gasteiger partial charge in [0.15, 0.2) is 5.82 Å². The Balaban J connectivity index is 1.48. The van der Waals surface area contributed by atoms with Gasteiger partial charge in [0.25, 0.3) is 0 Å². The molecule has 0 fully saturated rings. The first kappa shape index (κ1) is 17.5. The third-order valence-electron chi connectivity index (χ3n) is 4.62. The summed E-state index contributed by atoms with van der Waals surface area (Å²) in [6.45, 7) is 5.40. The van der Waals surface area contributed by atoms with Gasteiger partial charge >= 0.3 is 0 Å². The van der Waals surface area contributed by atoms with Crippen LogP contribution in [0.3, 0.4) is 0 Å². The first-order chi connectivity index (χ1) is 13.3. The number of rotatable bonds is 6. The lowest BCUT2D eigenvalue weighted by molar-refractivity contribution is 0.233. The molecule has 6 nitrogen and oxygen atoms in total. The Morgan fingerprint density at radius 1 is 1.11 bits per heavy atom. The standard InChI is InChI=1S/C21H23N5O/c1-2-11-27-21-17(6-4-9-23-21)14-26-10-7-19-18(15-26)13-24-20(25-19)16-5-3-8-22-12-16/h3-6,8-9,12-13H,2,7,10-11,14-15H2,1H3. The van der Waals surface area contributed by atoms with Gasteiger partial charge in [0.2, 0.25) is 5.88 Å². The molecule has 27 heavy (non-hydrogen) atoms. The van der Waals surface area contributed by atoms with Gasteiger partial charge in [-0.2, -0.15) is 0 Å². The zero-order chi connectivity index (χ0) is 18.5. The van der Waals surface area contributed by atoms with Crippen molar-refractivity contribution in [3.8, 4) is 17.3 Å². The van der Waals surface area contributed by atoms with Gasteiger partial charge in [-0.1, -0.05) is 13.0 Å². The summed E-state index contributed by atoms with van der Waals surface area (Å²) in [5, 5.41) is 0. The summed E-state index contributed by atoms with van der Waals surface area (Å²) >= 11 is 0. The van der Waals surface area contributed by atoms with Gasteiger partial charge in [0.05, 0.1) is 12.3 Å². The lowest BCUT2D eigenvalue weighted by atomic mass is 10.1. The zero-order valence-corrected chi connectivity index (χ0v) is 15.5. The van der Waals surface area contributed by atoms with Crippen LogP contribution in [0.2, 0.25) is 0 Å². The van der Waals surface area contributed by atoms with Crippen LogP contribution in [0.15, 0.2) is 49.1 Å². The van der Waals surface area contributed by atoms with Crippen molar-refractivity contribution in [2.24, 2.45) is 0 Å². The molecule has 0 amide bonds. The first-order valence-electron chi connectivity index (χ1n) is 9.37. The molecule has 1 aliphatic heterocycles. The van der Waals surface area contributed by atoms with E-state index in [9.17, 15) is 0 Å². The predicted octanol–water partition coefficient (Wildman–Crippen LogP) is 3.28. The lowest BCUT2D eigenvalue weighted by Crippen LogP contribution is -2.31. The molecule has 0 spiro atoms. The van der Waals surface area contributed by atoms with Crippen LogP contribution in [0.5, 0.6) is 5.88 Å². The monoisotopic (exact) mass is 361 g/mol. The molecule has 0 aromatic carbocycles. The largest absolute Gasteiger partial charge is 0.477 e. The van der Waals surface area contributed by atoms with Crippen molar-refractivity contribution in [3.63, 3.8) is 0 Å². The van der Waals surface area contributed by atoms with E-state index in [0.29, 0.717) is 6.61 Å². The van der Waals surface area contributed by atoms with Crippen molar-refractivity contribution >= 4 is 0 Å². The number of pyridine rings is 2. The van der Waals surface area contributed by atoms with E-state index < -0.39 is 0 Å². The molecular weight excluding hydrogens is 338 g/mol. The highest BCUT2D eigenvalue weighted by atomic mass is 16.5. The Bertz CT molecular complexity index is 900. The Morgan fingerprint density at radius 2 is 2.04 bits per heavy atom. The highest BCUT2D eigenvalue weighted by Crippen LogP contribution is 2.24. The Morgan fingerprint density at radius 3 is 2.89 bits per heavy atom. The molecule has 3 aromatic heterocycles. The van der Waals surface area contributed by atoms with Crippen molar-refractivity contribution in [2.45, 2.75) is 32.9 Å². The number of fused-ring (bicyclic) bond motifs is 1. The molecule has 0 saturated heterocycles. The Kier molecular flexibility index (Phi) is 5.34. The molecule has 1 aliphatic rings. The maximum absolute atomic E-state index is 5.79. The summed E-state index contributed by atoms with van der Waals surface area (Å²) in [4.78, 5) is 20.3. The van der Waals surface area contributed by atoms with Gasteiger partial charge in [-0.05, 0) is 24.6 Å². The summed E-state index contributed by atoms with van der Waals surface area (Å²) < 4.78 is 5.79. The molecule has 0 aliphatic carbocycles. The minimum absolute atomic E-state index is 0.692. The van der Waals surface area contributed by atoms with Crippen molar-refractivity contribution in [1.29, 1.82) is 0 Å². The minimum Gasteiger partial charge on any atom is -0.477 e. The van der Waals surface area contributed by atoms with E-state index in [4.69, 9.17) is 9.72 Å². The number of ether oxygens (including phenoxy) is 1. The van der Waals surface area contributed by atoms with Crippen LogP contribution < -0.4 is 4.74 Å². The topological polar surface area (TPSA) is 64.0 Å². The highest BCUT2D eigenvalue weighted by molar-refractivity contribution is 5.53. The molecule has 4 rings (SSSR count). The van der Waals surface area contributed by atoms with Crippen molar-refractivity contribution in [1.82, 2.24) is 24.8 Å². The van der Waals surface area contributed by atoms with E-state index in [1.165, 1.54) is 5.56 Å². The second-order valence-electron chi connectivity index (χ2n) is 6.68. The molecular formula is C21H23N5O. The Labute approximate surface area is 159 Å². The molecule has 3 aromatic rings. The van der Waals surface area contributed by atoms with Crippen LogP contribution >= 0.6 is 0 Å². The number of nitrogens with zero attached hydrogens (tertiary/aromatic N) is 5. The van der Waals surface area contributed by atoms with E-state index in [1.54, 1.807) is 18.6 Å². The van der Waals surface area contributed by atoms with Gasteiger partial charge in [-0.25, -0.2) is 15.0 Å². The number of hydrogen-bond donors (Lipinski definition) is 0. The smallest absolute Gasteiger partial charge is 0.217 e. The second kappa shape index (κ2) is 8.22. The molecule has 4 heterocycles. The van der Waals surface area contributed by atoms with Crippen molar-refractivity contribution < 1.29 is 4.74 Å². The van der Waals surface area contributed by atoms with E-state index in [1.807, 2.05) is 24.4 Å². The van der Waals surface area contributed by atoms with E-state index in [-0.39, 0.29) is 0 Å². The first-order valence-corrected chi connectivity index (χ1v) is 9.37. The molecule has 0 atom stereocenters. The number of aromatic nitrogens is 4. The van der Waals surface area contributed by atoms with Crippen LogP contribution in [0.25, 0.3) is 11.4 Å². The molecule has 138 valence electrons. The van der Waals surface area contributed by atoms with Crippen LogP contribution in [0.1, 0.15) is 30.2 Å². The molecule has 0 N–H and O–H groups in total. The quantitative estimate of drug-likeness (QED) is 0.671. The fraction of sp³-hybridized carbons (Fsp3) is 0.333. The molecule has 0 saturated carbocycles. The van der Waals surface area contributed by atoms with E-state index in [2.05, 4.69) is 32.8 Å². The maximum atomic E-state index is 5.79. The third-order valence-corrected chi connectivity index (χ3v) is 4.62. The van der Waals surface area contributed by atoms with Gasteiger partial charge in [-0.15, -0.1) is 0 Å². The van der Waals surface area contributed by atoms with Gasteiger partial charge in [0, 0.05) is 67.5 Å². The fourth-order valence-electron chi connectivity index (χ4n) is 3.26. The van der Waals surface area contributed by atoms with Gasteiger partial charge < -0.3 is 4.74 Å². The zero-order valence-electron chi connectivity index (χ0n) is 15.5. The molecule has 0 radical (unpaired) electrons. The van der Waals surface area contributed by atoms with Crippen LogP contribution in [0, 0.1) is 0 Å². The van der Waals surface area contributed by atoms with Crippen LogP contribution in [0.4, 0.5) is 0 Å². The molecule has 0 bridgehead atoms. The maximum Gasteiger partial charge on any atom is 0.217 e. The van der Waals surface area contributed by atoms with E-state index in [0.717, 1.165) is 61.0 Å². The SMILES string of the molecule is CCCOc1ncccc1CN1CCc2nc(-c3cccnc3)ncc2C1. The second-order valence-corrected chi connectivity index (χ2v) is 6.68. The summed E-state index contributed by atoms with van der Waals surface area (Å²) in [6.07, 6.45) is 9.19. The normalized spacial score (nSPS) is 14.0. The minimum atomic E-state index is 0.692. The molecule has 0 unspecified atom stereocenters. The van der Waals surface area contributed by atoms with Gasteiger partial charge in [-0.3, -0.25) is 9.88 Å². The van der Waals surface area contributed by atoms with Crippen LogP contribution in [-0.2, 0) is 19.5 Å². The average Bonchev–Trinajstić information content (AvgIpc) is 2.73. The van der Waals surface area contributed by atoms with Crippen molar-refractivity contribution in [3.05, 3.63) is 65.9 Å². The number of hydrogen-bond acceptors (Lipinski definition) is 6. The van der Waals surface area contributed by atoms with Gasteiger partial charge in [0.1, 0.15) is 0 Å². The summed E-state index contributed by atoms with van der Waals surface area (Å²) in [5.41, 5.74) is 4.40. The predicted molar refractivity (Wildman–Crippen MR) is 103 cm³/mol. The lowest BCUT2D eigenvalue weighted by Gasteiger charge is -2.28. The average molecular weight is 361 g/mol. The third kappa shape index (κ3) is 4.11. The molecule has 6 heteroatoms. The highest BCUT2D eigenvalue weighted by Gasteiger charge is 2.20. The Hall–Kier alpha value is -2.86. The summed E-state index contributed by atoms with van der Waals surface area (Å²) in [5.74, 6) is 1.49. The summed E-state index contributed by atoms with van der Waals surface area (Å²) in [7, 11) is 0. The fourth-order valence-corrected chi connectivity index (χ4v) is 3.26. The summed E-state index contributed by atoms with van der Waals surface area (Å²) in [6, 6.07) is 7.96.